The first kappa shape index (κ1) is 9.77. The van der Waals surface area contributed by atoms with Crippen LogP contribution in [-0.2, 0) is 0 Å². The molecule has 2 N–H and O–H groups in total. The van der Waals surface area contributed by atoms with Crippen molar-refractivity contribution < 1.29 is 4.74 Å². The minimum absolute atomic E-state index is 0.104. The van der Waals surface area contributed by atoms with Gasteiger partial charge in [0.05, 0.1) is 11.7 Å². The van der Waals surface area contributed by atoms with E-state index in [0.29, 0.717) is 17.5 Å². The zero-order chi connectivity index (χ0) is 10.0. The maximum absolute atomic E-state index is 5.67. The Morgan fingerprint density at radius 2 is 1.85 bits per heavy atom. The fraction of sp³-hybridized carbons (Fsp3) is 0.556. The Labute approximate surface area is 78.1 Å². The van der Waals surface area contributed by atoms with Crippen molar-refractivity contribution in [2.24, 2.45) is 0 Å². The van der Waals surface area contributed by atoms with Gasteiger partial charge in [-0.1, -0.05) is 0 Å². The van der Waals surface area contributed by atoms with Crippen LogP contribution in [0.1, 0.15) is 25.2 Å². The third-order valence-electron chi connectivity index (χ3n) is 1.60. The molecule has 0 bridgehead atoms. The van der Waals surface area contributed by atoms with Crippen molar-refractivity contribution in [3.05, 3.63) is 11.4 Å². The summed E-state index contributed by atoms with van der Waals surface area (Å²) < 4.78 is 5.48. The Hall–Kier alpha value is -1.32. The lowest BCUT2D eigenvalue weighted by Gasteiger charge is -2.12. The van der Waals surface area contributed by atoms with Gasteiger partial charge in [-0.2, -0.15) is 4.98 Å². The maximum Gasteiger partial charge on any atom is 0.222 e. The van der Waals surface area contributed by atoms with Crippen LogP contribution >= 0.6 is 0 Å². The van der Waals surface area contributed by atoms with E-state index < -0.39 is 0 Å². The Balaban J connectivity index is 3.05. The highest BCUT2D eigenvalue weighted by Gasteiger charge is 2.08. The topological polar surface area (TPSA) is 61.0 Å². The molecule has 1 aromatic rings. The zero-order valence-corrected chi connectivity index (χ0v) is 8.46. The van der Waals surface area contributed by atoms with Gasteiger partial charge >= 0.3 is 0 Å². The van der Waals surface area contributed by atoms with Crippen molar-refractivity contribution in [3.63, 3.8) is 0 Å². The van der Waals surface area contributed by atoms with Gasteiger partial charge in [0.1, 0.15) is 11.6 Å². The molecule has 0 atom stereocenters. The molecule has 0 radical (unpaired) electrons. The van der Waals surface area contributed by atoms with Crippen LogP contribution in [0, 0.1) is 13.8 Å². The summed E-state index contributed by atoms with van der Waals surface area (Å²) in [6, 6.07) is 0. The van der Waals surface area contributed by atoms with Gasteiger partial charge < -0.3 is 10.5 Å². The minimum Gasteiger partial charge on any atom is -0.475 e. The summed E-state index contributed by atoms with van der Waals surface area (Å²) in [6.07, 6.45) is 0.104. The predicted octanol–water partition coefficient (Wildman–Crippen LogP) is 1.46. The van der Waals surface area contributed by atoms with Gasteiger partial charge in [-0.15, -0.1) is 0 Å². The van der Waals surface area contributed by atoms with E-state index in [1.165, 1.54) is 0 Å². The van der Waals surface area contributed by atoms with E-state index in [-0.39, 0.29) is 6.10 Å². The number of hydrogen-bond donors (Lipinski definition) is 1. The highest BCUT2D eigenvalue weighted by molar-refractivity contribution is 5.44. The van der Waals surface area contributed by atoms with Crippen molar-refractivity contribution in [1.29, 1.82) is 0 Å². The minimum atomic E-state index is 0.104. The summed E-state index contributed by atoms with van der Waals surface area (Å²) in [5.41, 5.74) is 6.47. The van der Waals surface area contributed by atoms with Crippen LogP contribution in [0.25, 0.3) is 0 Å². The number of nitrogens with zero attached hydrogens (tertiary/aromatic N) is 2. The Morgan fingerprint density at radius 3 is 2.38 bits per heavy atom. The van der Waals surface area contributed by atoms with Crippen molar-refractivity contribution in [2.45, 2.75) is 33.8 Å². The first-order valence-electron chi connectivity index (χ1n) is 4.28. The Kier molecular flexibility index (Phi) is 2.70. The van der Waals surface area contributed by atoms with Crippen LogP contribution in [0.2, 0.25) is 0 Å². The smallest absolute Gasteiger partial charge is 0.222 e. The molecule has 0 amide bonds. The van der Waals surface area contributed by atoms with E-state index in [1.807, 2.05) is 20.8 Å². The van der Waals surface area contributed by atoms with Crippen LogP contribution in [0.15, 0.2) is 0 Å². The lowest BCUT2D eigenvalue weighted by Crippen LogP contribution is -2.11. The molecule has 4 heteroatoms. The number of ether oxygens (including phenoxy) is 1. The summed E-state index contributed by atoms with van der Waals surface area (Å²) in [4.78, 5) is 8.19. The van der Waals surface area contributed by atoms with E-state index in [1.54, 1.807) is 6.92 Å². The van der Waals surface area contributed by atoms with Gasteiger partial charge in [0.25, 0.3) is 0 Å². The van der Waals surface area contributed by atoms with E-state index in [2.05, 4.69) is 9.97 Å². The van der Waals surface area contributed by atoms with Crippen molar-refractivity contribution in [3.8, 4) is 5.88 Å². The van der Waals surface area contributed by atoms with E-state index >= 15 is 0 Å². The van der Waals surface area contributed by atoms with E-state index in [4.69, 9.17) is 10.5 Å². The maximum atomic E-state index is 5.67. The summed E-state index contributed by atoms with van der Waals surface area (Å²) in [7, 11) is 0. The molecule has 1 aromatic heterocycles. The number of nitrogens with two attached hydrogens (primary N) is 1. The number of aryl methyl sites for hydroxylation is 1. The second-order valence-corrected chi connectivity index (χ2v) is 3.25. The number of anilines is 1. The average Bonchev–Trinajstić information content (AvgIpc) is 1.98. The second-order valence-electron chi connectivity index (χ2n) is 3.25. The van der Waals surface area contributed by atoms with Crippen molar-refractivity contribution >= 4 is 5.82 Å². The van der Waals surface area contributed by atoms with Crippen LogP contribution in [0.4, 0.5) is 5.82 Å². The monoisotopic (exact) mass is 181 g/mol. The number of nitrogen functional groups attached to an aromatic ring is 1. The molecule has 0 fully saturated rings. The van der Waals surface area contributed by atoms with Gasteiger partial charge in [-0.05, 0) is 27.7 Å². The highest BCUT2D eigenvalue weighted by Crippen LogP contribution is 2.20. The Bertz CT molecular complexity index is 310. The quantitative estimate of drug-likeness (QED) is 0.750. The first-order valence-corrected chi connectivity index (χ1v) is 4.28. The van der Waals surface area contributed by atoms with Crippen LogP contribution in [0.5, 0.6) is 5.88 Å². The van der Waals surface area contributed by atoms with Crippen molar-refractivity contribution in [1.82, 2.24) is 9.97 Å². The number of rotatable bonds is 2. The third kappa shape index (κ3) is 2.31. The molecular formula is C9H15N3O. The molecule has 0 spiro atoms. The number of aromatic nitrogens is 2. The normalized spacial score (nSPS) is 10.5. The summed E-state index contributed by atoms with van der Waals surface area (Å²) in [6.45, 7) is 7.55. The largest absolute Gasteiger partial charge is 0.475 e. The van der Waals surface area contributed by atoms with Gasteiger partial charge in [-0.25, -0.2) is 4.98 Å². The lowest BCUT2D eigenvalue weighted by atomic mass is 10.3. The molecule has 1 heterocycles. The fourth-order valence-electron chi connectivity index (χ4n) is 0.962. The molecule has 13 heavy (non-hydrogen) atoms. The van der Waals surface area contributed by atoms with E-state index in [9.17, 15) is 0 Å². The SMILES string of the molecule is Cc1nc(N)c(C)c(OC(C)C)n1. The van der Waals surface area contributed by atoms with Gasteiger partial charge in [0.15, 0.2) is 0 Å². The molecule has 4 nitrogen and oxygen atoms in total. The van der Waals surface area contributed by atoms with Crippen LogP contribution in [0.3, 0.4) is 0 Å². The second kappa shape index (κ2) is 3.60. The zero-order valence-electron chi connectivity index (χ0n) is 8.46. The van der Waals surface area contributed by atoms with Crippen LogP contribution < -0.4 is 10.5 Å². The van der Waals surface area contributed by atoms with Gasteiger partial charge in [-0.3, -0.25) is 0 Å². The third-order valence-corrected chi connectivity index (χ3v) is 1.60. The molecular weight excluding hydrogens is 166 g/mol. The molecule has 0 unspecified atom stereocenters. The summed E-state index contributed by atoms with van der Waals surface area (Å²) in [5.74, 6) is 1.71. The summed E-state index contributed by atoms with van der Waals surface area (Å²) >= 11 is 0. The molecule has 0 aromatic carbocycles. The lowest BCUT2D eigenvalue weighted by molar-refractivity contribution is 0.230. The molecule has 0 aliphatic rings. The average molecular weight is 181 g/mol. The van der Waals surface area contributed by atoms with Crippen molar-refractivity contribution in [2.75, 3.05) is 5.73 Å². The van der Waals surface area contributed by atoms with Crippen LogP contribution in [-0.4, -0.2) is 16.1 Å². The molecule has 1 rings (SSSR count). The summed E-state index contributed by atoms with van der Waals surface area (Å²) in [5, 5.41) is 0. The van der Waals surface area contributed by atoms with Gasteiger partial charge in [0, 0.05) is 0 Å². The molecule has 72 valence electrons. The highest BCUT2D eigenvalue weighted by atomic mass is 16.5. The standard InChI is InChI=1S/C9H15N3O/c1-5(2)13-9-6(3)8(10)11-7(4)12-9/h5H,1-4H3,(H2,10,11,12). The Morgan fingerprint density at radius 1 is 1.23 bits per heavy atom. The fourth-order valence-corrected chi connectivity index (χ4v) is 0.962. The molecule has 0 aliphatic carbocycles. The predicted molar refractivity (Wildman–Crippen MR) is 51.7 cm³/mol. The molecule has 0 saturated heterocycles. The van der Waals surface area contributed by atoms with Gasteiger partial charge in [0.2, 0.25) is 5.88 Å². The number of hydrogen-bond acceptors (Lipinski definition) is 4. The molecule has 0 aliphatic heterocycles. The molecule has 0 saturated carbocycles. The first-order chi connectivity index (χ1) is 6.00. The van der Waals surface area contributed by atoms with E-state index in [0.717, 1.165) is 5.56 Å².